The van der Waals surface area contributed by atoms with Gasteiger partial charge in [-0.1, -0.05) is 0 Å². The first-order valence-electron chi connectivity index (χ1n) is 8.56. The van der Waals surface area contributed by atoms with Crippen molar-refractivity contribution in [1.29, 1.82) is 0 Å². The van der Waals surface area contributed by atoms with Crippen molar-refractivity contribution in [3.05, 3.63) is 0 Å². The number of piperidine rings is 1. The summed E-state index contributed by atoms with van der Waals surface area (Å²) < 4.78 is 0. The molecule has 1 aliphatic carbocycles. The Labute approximate surface area is 121 Å². The minimum Gasteiger partial charge on any atom is -0.340 e. The summed E-state index contributed by atoms with van der Waals surface area (Å²) in [4.78, 5) is 17.2. The van der Waals surface area contributed by atoms with Gasteiger partial charge < -0.3 is 10.2 Å². The first kappa shape index (κ1) is 13.1. The Morgan fingerprint density at radius 3 is 2.20 bits per heavy atom. The molecular formula is C16H27N3O. The number of hydrogen-bond donors (Lipinski definition) is 1. The summed E-state index contributed by atoms with van der Waals surface area (Å²) in [5.41, 5.74) is 0. The van der Waals surface area contributed by atoms with Gasteiger partial charge in [0.15, 0.2) is 0 Å². The maximum absolute atomic E-state index is 12.5. The quantitative estimate of drug-likeness (QED) is 0.842. The van der Waals surface area contributed by atoms with Crippen LogP contribution in [0, 0.1) is 5.92 Å². The normalized spacial score (nSPS) is 38.2. The van der Waals surface area contributed by atoms with Gasteiger partial charge >= 0.3 is 0 Å². The number of fused-ring (bicyclic) bond motifs is 2. The molecule has 2 unspecified atom stereocenters. The smallest absolute Gasteiger partial charge is 0.222 e. The fraction of sp³-hybridized carbons (Fsp3) is 0.938. The molecule has 1 amide bonds. The van der Waals surface area contributed by atoms with E-state index in [1.165, 1.54) is 38.5 Å². The highest BCUT2D eigenvalue weighted by atomic mass is 16.2. The van der Waals surface area contributed by atoms with Crippen LogP contribution in [0.15, 0.2) is 0 Å². The number of piperazine rings is 1. The Kier molecular flexibility index (Phi) is 3.47. The van der Waals surface area contributed by atoms with Gasteiger partial charge in [-0.15, -0.1) is 0 Å². The van der Waals surface area contributed by atoms with Crippen LogP contribution in [0.3, 0.4) is 0 Å². The Hall–Kier alpha value is -0.610. The largest absolute Gasteiger partial charge is 0.340 e. The molecule has 1 saturated carbocycles. The number of nitrogens with zero attached hydrogens (tertiary/aromatic N) is 2. The highest BCUT2D eigenvalue weighted by molar-refractivity contribution is 5.76. The standard InChI is InChI=1S/C16H27N3O/c20-16(11-12-9-13-1-2-14(10-12)17-13)19-7-5-18(6-8-19)15-3-4-15/h12-15,17H,1-11H2. The Balaban J connectivity index is 1.26. The monoisotopic (exact) mass is 277 g/mol. The van der Waals surface area contributed by atoms with Crippen molar-refractivity contribution >= 4 is 5.91 Å². The van der Waals surface area contributed by atoms with Gasteiger partial charge in [0.25, 0.3) is 0 Å². The van der Waals surface area contributed by atoms with Crippen LogP contribution in [-0.2, 0) is 4.79 Å². The van der Waals surface area contributed by atoms with Crippen LogP contribution in [0.4, 0.5) is 0 Å². The molecule has 3 aliphatic heterocycles. The van der Waals surface area contributed by atoms with E-state index in [1.54, 1.807) is 0 Å². The molecular weight excluding hydrogens is 250 g/mol. The highest BCUT2D eigenvalue weighted by Crippen LogP contribution is 2.33. The second kappa shape index (κ2) is 5.30. The van der Waals surface area contributed by atoms with E-state index in [2.05, 4.69) is 15.1 Å². The van der Waals surface area contributed by atoms with Crippen LogP contribution in [0.1, 0.15) is 44.9 Å². The molecule has 2 bridgehead atoms. The van der Waals surface area contributed by atoms with E-state index < -0.39 is 0 Å². The molecule has 3 heterocycles. The molecule has 2 atom stereocenters. The van der Waals surface area contributed by atoms with E-state index in [-0.39, 0.29) is 0 Å². The lowest BCUT2D eigenvalue weighted by Gasteiger charge is -2.36. The summed E-state index contributed by atoms with van der Waals surface area (Å²) in [5.74, 6) is 1.06. The topological polar surface area (TPSA) is 35.6 Å². The Morgan fingerprint density at radius 2 is 1.60 bits per heavy atom. The van der Waals surface area contributed by atoms with E-state index in [0.717, 1.165) is 38.6 Å². The van der Waals surface area contributed by atoms with E-state index in [9.17, 15) is 4.79 Å². The number of hydrogen-bond acceptors (Lipinski definition) is 3. The van der Waals surface area contributed by atoms with Crippen LogP contribution in [0.2, 0.25) is 0 Å². The molecule has 4 aliphatic rings. The zero-order valence-electron chi connectivity index (χ0n) is 12.4. The van der Waals surface area contributed by atoms with Crippen molar-refractivity contribution in [2.24, 2.45) is 5.92 Å². The number of nitrogens with one attached hydrogen (secondary N) is 1. The highest BCUT2D eigenvalue weighted by Gasteiger charge is 2.36. The van der Waals surface area contributed by atoms with Gasteiger partial charge in [-0.25, -0.2) is 0 Å². The summed E-state index contributed by atoms with van der Waals surface area (Å²) in [7, 11) is 0. The van der Waals surface area contributed by atoms with Crippen molar-refractivity contribution < 1.29 is 4.79 Å². The number of rotatable bonds is 3. The number of carbonyl (C=O) groups is 1. The average Bonchev–Trinajstić information content (AvgIpc) is 3.25. The van der Waals surface area contributed by atoms with E-state index in [4.69, 9.17) is 0 Å². The van der Waals surface area contributed by atoms with Crippen molar-refractivity contribution in [1.82, 2.24) is 15.1 Å². The summed E-state index contributed by atoms with van der Waals surface area (Å²) in [6.07, 6.45) is 8.68. The zero-order chi connectivity index (χ0) is 13.5. The summed E-state index contributed by atoms with van der Waals surface area (Å²) in [5, 5.41) is 3.67. The number of carbonyl (C=O) groups excluding carboxylic acids is 1. The molecule has 112 valence electrons. The lowest BCUT2D eigenvalue weighted by atomic mass is 9.89. The molecule has 0 radical (unpaired) electrons. The van der Waals surface area contributed by atoms with Crippen LogP contribution < -0.4 is 5.32 Å². The van der Waals surface area contributed by atoms with Crippen molar-refractivity contribution in [2.45, 2.75) is 63.1 Å². The van der Waals surface area contributed by atoms with Crippen LogP contribution in [-0.4, -0.2) is 60.0 Å². The minimum absolute atomic E-state index is 0.423. The molecule has 0 aromatic carbocycles. The summed E-state index contributed by atoms with van der Waals surface area (Å²) in [6.45, 7) is 4.14. The van der Waals surface area contributed by atoms with E-state index >= 15 is 0 Å². The molecule has 0 spiro atoms. The van der Waals surface area contributed by atoms with E-state index in [0.29, 0.717) is 23.9 Å². The molecule has 4 fully saturated rings. The minimum atomic E-state index is 0.423. The maximum atomic E-state index is 12.5. The van der Waals surface area contributed by atoms with Crippen LogP contribution in [0.5, 0.6) is 0 Å². The second-order valence-corrected chi connectivity index (χ2v) is 7.33. The third-order valence-corrected chi connectivity index (χ3v) is 5.76. The van der Waals surface area contributed by atoms with Crippen LogP contribution in [0.25, 0.3) is 0 Å². The van der Waals surface area contributed by atoms with Crippen LogP contribution >= 0.6 is 0 Å². The second-order valence-electron chi connectivity index (χ2n) is 7.33. The van der Waals surface area contributed by atoms with Crippen molar-refractivity contribution in [2.75, 3.05) is 26.2 Å². The SMILES string of the molecule is O=C(CC1CC2CCC(C1)N2)N1CCN(C2CC2)CC1. The average molecular weight is 277 g/mol. The van der Waals surface area contributed by atoms with Gasteiger partial charge in [0.1, 0.15) is 0 Å². The van der Waals surface area contributed by atoms with Gasteiger partial charge in [-0.2, -0.15) is 0 Å². The van der Waals surface area contributed by atoms with Crippen molar-refractivity contribution in [3.63, 3.8) is 0 Å². The molecule has 4 rings (SSSR count). The van der Waals surface area contributed by atoms with E-state index in [1.807, 2.05) is 0 Å². The Bertz CT molecular complexity index is 362. The van der Waals surface area contributed by atoms with Crippen molar-refractivity contribution in [3.8, 4) is 0 Å². The number of amides is 1. The Morgan fingerprint density at radius 1 is 0.950 bits per heavy atom. The summed E-state index contributed by atoms with van der Waals surface area (Å²) >= 11 is 0. The van der Waals surface area contributed by atoms with Gasteiger partial charge in [0.2, 0.25) is 5.91 Å². The van der Waals surface area contributed by atoms with Gasteiger partial charge in [0.05, 0.1) is 0 Å². The summed E-state index contributed by atoms with van der Waals surface area (Å²) in [6, 6.07) is 2.27. The predicted octanol–water partition coefficient (Wildman–Crippen LogP) is 1.21. The zero-order valence-corrected chi connectivity index (χ0v) is 12.4. The molecule has 1 N–H and O–H groups in total. The fourth-order valence-corrected chi connectivity index (χ4v) is 4.49. The van der Waals surface area contributed by atoms with Gasteiger partial charge in [0, 0.05) is 50.7 Å². The molecule has 20 heavy (non-hydrogen) atoms. The molecule has 0 aromatic rings. The van der Waals surface area contributed by atoms with Gasteiger partial charge in [-0.3, -0.25) is 9.69 Å². The molecule has 4 heteroatoms. The van der Waals surface area contributed by atoms with Gasteiger partial charge in [-0.05, 0) is 44.4 Å². The lowest BCUT2D eigenvalue weighted by Crippen LogP contribution is -2.50. The first-order valence-corrected chi connectivity index (χ1v) is 8.56. The fourth-order valence-electron chi connectivity index (χ4n) is 4.49. The predicted molar refractivity (Wildman–Crippen MR) is 78.5 cm³/mol. The first-order chi connectivity index (χ1) is 9.78. The molecule has 0 aromatic heterocycles. The third kappa shape index (κ3) is 2.73. The molecule has 4 nitrogen and oxygen atoms in total. The molecule has 3 saturated heterocycles. The maximum Gasteiger partial charge on any atom is 0.222 e. The third-order valence-electron chi connectivity index (χ3n) is 5.76. The lowest BCUT2D eigenvalue weighted by molar-refractivity contribution is -0.134.